The Balaban J connectivity index is 1.87. The van der Waals surface area contributed by atoms with E-state index in [0.717, 1.165) is 23.5 Å². The van der Waals surface area contributed by atoms with Crippen molar-refractivity contribution in [1.29, 1.82) is 0 Å². The molecule has 0 spiro atoms. The highest BCUT2D eigenvalue weighted by atomic mass is 35.5. The zero-order valence-electron chi connectivity index (χ0n) is 17.1. The third kappa shape index (κ3) is 5.49. The lowest BCUT2D eigenvalue weighted by molar-refractivity contribution is 0.0509. The minimum absolute atomic E-state index is 0.0124. The summed E-state index contributed by atoms with van der Waals surface area (Å²) in [5.74, 6) is -4.74. The number of carbonyl (C=O) groups is 3. The number of rotatable bonds is 8. The lowest BCUT2D eigenvalue weighted by atomic mass is 10.1. The van der Waals surface area contributed by atoms with E-state index < -0.39 is 42.0 Å². The minimum atomic E-state index is -1.13. The van der Waals surface area contributed by atoms with Crippen molar-refractivity contribution in [1.82, 2.24) is 5.32 Å². The molecule has 1 aromatic heterocycles. The molecule has 2 amide bonds. The minimum Gasteiger partial charge on any atom is -0.483 e. The number of thiophene rings is 1. The van der Waals surface area contributed by atoms with Gasteiger partial charge in [-0.1, -0.05) is 17.7 Å². The molecule has 0 saturated heterocycles. The number of halogens is 3. The SMILES string of the molecule is COC(=O)NCCOC(=O)c1sc2cccc(Cl)c2c1COc1c(F)cc(C(N)=O)cc1F. The smallest absolute Gasteiger partial charge is 0.406 e. The van der Waals surface area contributed by atoms with E-state index in [-0.39, 0.29) is 29.2 Å². The van der Waals surface area contributed by atoms with E-state index in [1.807, 2.05) is 0 Å². The van der Waals surface area contributed by atoms with Crippen LogP contribution in [0.15, 0.2) is 30.3 Å². The molecule has 0 atom stereocenters. The van der Waals surface area contributed by atoms with Gasteiger partial charge in [0.2, 0.25) is 5.91 Å². The van der Waals surface area contributed by atoms with Crippen molar-refractivity contribution < 1.29 is 37.4 Å². The van der Waals surface area contributed by atoms with Crippen LogP contribution in [-0.2, 0) is 16.1 Å². The highest BCUT2D eigenvalue weighted by Gasteiger charge is 2.23. The summed E-state index contributed by atoms with van der Waals surface area (Å²) in [6.45, 7) is -0.551. The molecule has 3 aromatic rings. The Hall–Kier alpha value is -3.44. The standard InChI is InChI=1S/C21H17ClF2N2O6S/c1-30-21(29)26-5-6-31-20(28)18-11(16-12(22)3-2-4-15(16)33-18)9-32-17-13(23)7-10(19(25)27)8-14(17)24/h2-4,7-8H,5-6,9H2,1H3,(H2,25,27)(H,26,29). The van der Waals surface area contributed by atoms with Gasteiger partial charge in [-0.05, 0) is 24.3 Å². The molecule has 12 heteroatoms. The Kier molecular flexibility index (Phi) is 7.67. The summed E-state index contributed by atoms with van der Waals surface area (Å²) < 4.78 is 44.2. The molecule has 0 aliphatic carbocycles. The van der Waals surface area contributed by atoms with Gasteiger partial charge < -0.3 is 25.3 Å². The number of hydrogen-bond acceptors (Lipinski definition) is 7. The third-order valence-corrected chi connectivity index (χ3v) is 5.87. The Morgan fingerprint density at radius 2 is 1.88 bits per heavy atom. The van der Waals surface area contributed by atoms with Crippen LogP contribution < -0.4 is 15.8 Å². The van der Waals surface area contributed by atoms with Gasteiger partial charge in [0.1, 0.15) is 18.1 Å². The zero-order valence-corrected chi connectivity index (χ0v) is 18.6. The van der Waals surface area contributed by atoms with E-state index in [2.05, 4.69) is 10.1 Å². The lowest BCUT2D eigenvalue weighted by Crippen LogP contribution is -2.27. The van der Waals surface area contributed by atoms with E-state index in [1.165, 1.54) is 7.11 Å². The van der Waals surface area contributed by atoms with E-state index >= 15 is 0 Å². The number of primary amides is 1. The molecule has 8 nitrogen and oxygen atoms in total. The van der Waals surface area contributed by atoms with Crippen LogP contribution in [0.1, 0.15) is 25.6 Å². The summed E-state index contributed by atoms with van der Waals surface area (Å²) in [5, 5.41) is 3.14. The number of benzene rings is 2. The first-order valence-corrected chi connectivity index (χ1v) is 10.5. The van der Waals surface area contributed by atoms with Crippen molar-refractivity contribution in [3.8, 4) is 5.75 Å². The van der Waals surface area contributed by atoms with Crippen molar-refractivity contribution in [3.63, 3.8) is 0 Å². The molecule has 0 aliphatic rings. The molecule has 0 aliphatic heterocycles. The third-order valence-electron chi connectivity index (χ3n) is 4.38. The van der Waals surface area contributed by atoms with Gasteiger partial charge in [0.05, 0.1) is 13.7 Å². The van der Waals surface area contributed by atoms with Crippen LogP contribution in [0.4, 0.5) is 13.6 Å². The fraction of sp³-hybridized carbons (Fsp3) is 0.190. The van der Waals surface area contributed by atoms with Crippen LogP contribution in [0.5, 0.6) is 5.75 Å². The van der Waals surface area contributed by atoms with Crippen LogP contribution in [0.3, 0.4) is 0 Å². The number of hydrogen-bond donors (Lipinski definition) is 2. The number of nitrogens with one attached hydrogen (secondary N) is 1. The van der Waals surface area contributed by atoms with Gasteiger partial charge in [0, 0.05) is 26.2 Å². The normalized spacial score (nSPS) is 10.7. The molecule has 3 rings (SSSR count). The maximum Gasteiger partial charge on any atom is 0.406 e. The Morgan fingerprint density at radius 3 is 2.52 bits per heavy atom. The van der Waals surface area contributed by atoms with Gasteiger partial charge in [-0.3, -0.25) is 4.79 Å². The van der Waals surface area contributed by atoms with E-state index in [9.17, 15) is 23.2 Å². The molecule has 1 heterocycles. The summed E-state index contributed by atoms with van der Waals surface area (Å²) in [5.41, 5.74) is 4.96. The molecule has 2 aromatic carbocycles. The van der Waals surface area contributed by atoms with E-state index in [1.54, 1.807) is 18.2 Å². The van der Waals surface area contributed by atoms with Crippen molar-refractivity contribution >= 4 is 51.0 Å². The number of ether oxygens (including phenoxy) is 3. The van der Waals surface area contributed by atoms with E-state index in [0.29, 0.717) is 15.1 Å². The predicted octanol–water partition coefficient (Wildman–Crippen LogP) is 4.02. The summed E-state index contributed by atoms with van der Waals surface area (Å²) in [6, 6.07) is 6.50. The molecule has 33 heavy (non-hydrogen) atoms. The zero-order chi connectivity index (χ0) is 24.1. The highest BCUT2D eigenvalue weighted by molar-refractivity contribution is 7.21. The molecule has 0 bridgehead atoms. The summed E-state index contributed by atoms with van der Waals surface area (Å²) >= 11 is 7.36. The predicted molar refractivity (Wildman–Crippen MR) is 117 cm³/mol. The molecular weight excluding hydrogens is 482 g/mol. The van der Waals surface area contributed by atoms with Crippen LogP contribution in [-0.4, -0.2) is 38.2 Å². The fourth-order valence-electron chi connectivity index (χ4n) is 2.89. The van der Waals surface area contributed by atoms with Gasteiger partial charge >= 0.3 is 12.1 Å². The van der Waals surface area contributed by atoms with E-state index in [4.69, 9.17) is 26.8 Å². The molecular formula is C21H17ClF2N2O6S. The van der Waals surface area contributed by atoms with Crippen molar-refractivity contribution in [2.24, 2.45) is 5.73 Å². The number of amides is 2. The molecule has 174 valence electrons. The molecule has 0 fully saturated rings. The first-order valence-electron chi connectivity index (χ1n) is 9.33. The van der Waals surface area contributed by atoms with Crippen molar-refractivity contribution in [2.75, 3.05) is 20.3 Å². The van der Waals surface area contributed by atoms with Crippen molar-refractivity contribution in [2.45, 2.75) is 6.61 Å². The maximum atomic E-state index is 14.3. The number of alkyl carbamates (subject to hydrolysis) is 1. The Bertz CT molecular complexity index is 1210. The van der Waals surface area contributed by atoms with Gasteiger partial charge in [0.25, 0.3) is 0 Å². The van der Waals surface area contributed by atoms with Crippen LogP contribution >= 0.6 is 22.9 Å². The quantitative estimate of drug-likeness (QED) is 0.358. The van der Waals surface area contributed by atoms with Crippen LogP contribution in [0.2, 0.25) is 5.02 Å². The average molecular weight is 499 g/mol. The number of carbonyl (C=O) groups excluding carboxylic acids is 3. The Morgan fingerprint density at radius 1 is 1.18 bits per heavy atom. The average Bonchev–Trinajstić information content (AvgIpc) is 3.15. The summed E-state index contributed by atoms with van der Waals surface area (Å²) in [6.07, 6.45) is -0.680. The second kappa shape index (κ2) is 10.5. The molecule has 3 N–H and O–H groups in total. The largest absolute Gasteiger partial charge is 0.483 e. The number of nitrogens with two attached hydrogens (primary N) is 1. The highest BCUT2D eigenvalue weighted by Crippen LogP contribution is 2.37. The number of methoxy groups -OCH3 is 1. The molecule has 0 unspecified atom stereocenters. The fourth-order valence-corrected chi connectivity index (χ4v) is 4.36. The lowest BCUT2D eigenvalue weighted by Gasteiger charge is -2.11. The number of esters is 1. The first-order chi connectivity index (χ1) is 15.7. The number of fused-ring (bicyclic) bond motifs is 1. The summed E-state index contributed by atoms with van der Waals surface area (Å²) in [4.78, 5) is 35.0. The van der Waals surface area contributed by atoms with Gasteiger partial charge in [-0.15, -0.1) is 11.3 Å². The molecule has 0 saturated carbocycles. The van der Waals surface area contributed by atoms with Gasteiger partial charge in [-0.25, -0.2) is 18.4 Å². The van der Waals surface area contributed by atoms with Gasteiger partial charge in [-0.2, -0.15) is 0 Å². The maximum absolute atomic E-state index is 14.3. The topological polar surface area (TPSA) is 117 Å². The molecule has 0 radical (unpaired) electrons. The van der Waals surface area contributed by atoms with Gasteiger partial charge in [0.15, 0.2) is 17.4 Å². The second-order valence-corrected chi connectivity index (χ2v) is 7.96. The Labute approximate surface area is 195 Å². The second-order valence-electron chi connectivity index (χ2n) is 6.50. The van der Waals surface area contributed by atoms with Crippen LogP contribution in [0.25, 0.3) is 10.1 Å². The summed E-state index contributed by atoms with van der Waals surface area (Å²) in [7, 11) is 1.20. The van der Waals surface area contributed by atoms with Crippen molar-refractivity contribution in [3.05, 3.63) is 63.0 Å². The van der Waals surface area contributed by atoms with Crippen LogP contribution in [0, 0.1) is 11.6 Å². The monoisotopic (exact) mass is 498 g/mol. The first kappa shape index (κ1) is 24.2.